The van der Waals surface area contributed by atoms with Gasteiger partial charge < -0.3 is 29.4 Å². The molecule has 0 aromatic heterocycles. The number of rotatable bonds is 14. The third-order valence-electron chi connectivity index (χ3n) is 7.90. The van der Waals surface area contributed by atoms with Gasteiger partial charge in [0, 0.05) is 5.02 Å². The lowest BCUT2D eigenvalue weighted by molar-refractivity contribution is 0.215. The third-order valence-corrected chi connectivity index (χ3v) is 8.25. The predicted octanol–water partition coefficient (Wildman–Crippen LogP) is 14.0. The van der Waals surface area contributed by atoms with Gasteiger partial charge in [0.15, 0.2) is 0 Å². The van der Waals surface area contributed by atoms with Crippen molar-refractivity contribution in [1.29, 1.82) is 0 Å². The molecule has 0 unspecified atom stereocenters. The Morgan fingerprint density at radius 2 is 0.967 bits per heavy atom. The molecule has 332 valence electrons. The lowest BCUT2D eigenvalue weighted by Crippen LogP contribution is -1.94. The van der Waals surface area contributed by atoms with E-state index in [-0.39, 0.29) is 5.82 Å². The fourth-order valence-electron chi connectivity index (χ4n) is 4.94. The molecule has 4 aromatic rings. The molecule has 0 spiro atoms. The molecule has 60 heavy (non-hydrogen) atoms. The molecular weight excluding hydrogens is 779 g/mol. The summed E-state index contributed by atoms with van der Waals surface area (Å²) in [5, 5.41) is 27.1. The van der Waals surface area contributed by atoms with Crippen molar-refractivity contribution < 1.29 is 33.8 Å². The topological polar surface area (TPSA) is 102 Å². The molecule has 0 heterocycles. The average molecular weight is 852 g/mol. The molecule has 10 heteroatoms. The molecule has 0 aliphatic rings. The molecule has 0 fully saturated rings. The van der Waals surface area contributed by atoms with Crippen molar-refractivity contribution in [3.63, 3.8) is 0 Å². The van der Waals surface area contributed by atoms with Gasteiger partial charge in [-0.05, 0) is 135 Å². The number of hydrogen-bond donors (Lipinski definition) is 2. The fourth-order valence-corrected chi connectivity index (χ4v) is 5.22. The number of allylic oxidation sites excluding steroid dienone is 2. The van der Waals surface area contributed by atoms with Crippen molar-refractivity contribution in [1.82, 2.24) is 0 Å². The monoisotopic (exact) mass is 851 g/mol. The first-order valence-corrected chi connectivity index (χ1v) is 21.0. The van der Waals surface area contributed by atoms with Gasteiger partial charge >= 0.3 is 0 Å². The third kappa shape index (κ3) is 24.0. The second kappa shape index (κ2) is 35.6. The molecule has 0 saturated carbocycles. The van der Waals surface area contributed by atoms with Gasteiger partial charge in [-0.1, -0.05) is 125 Å². The predicted molar refractivity (Wildman–Crippen MR) is 254 cm³/mol. The number of phenols is 2. The number of aryl methyl sites for hydroxylation is 6. The van der Waals surface area contributed by atoms with Crippen LogP contribution in [0.2, 0.25) is 5.02 Å². The molecule has 0 aliphatic carbocycles. The number of aromatic hydroxyl groups is 2. The van der Waals surface area contributed by atoms with Crippen molar-refractivity contribution in [2.45, 2.75) is 109 Å². The highest BCUT2D eigenvalue weighted by molar-refractivity contribution is 6.31. The van der Waals surface area contributed by atoms with Gasteiger partial charge in [0.05, 0.1) is 12.4 Å². The number of oxime groups is 2. The summed E-state index contributed by atoms with van der Waals surface area (Å²) in [6.07, 6.45) is 14.7. The van der Waals surface area contributed by atoms with E-state index < -0.39 is 0 Å². The maximum absolute atomic E-state index is 13.4. The van der Waals surface area contributed by atoms with Crippen LogP contribution >= 0.6 is 11.6 Å². The summed E-state index contributed by atoms with van der Waals surface area (Å²) in [6.45, 7) is 24.7. The molecule has 0 bridgehead atoms. The van der Waals surface area contributed by atoms with Crippen LogP contribution < -0.4 is 9.47 Å². The van der Waals surface area contributed by atoms with Crippen LogP contribution in [0.25, 0.3) is 0 Å². The molecule has 0 aliphatic heterocycles. The van der Waals surface area contributed by atoms with Gasteiger partial charge in [0.1, 0.15) is 56.2 Å². The summed E-state index contributed by atoms with van der Waals surface area (Å²) >= 11 is 6.08. The highest BCUT2D eigenvalue weighted by Crippen LogP contribution is 2.28. The van der Waals surface area contributed by atoms with Crippen LogP contribution in [-0.4, -0.2) is 50.1 Å². The molecule has 8 nitrogen and oxygen atoms in total. The quantitative estimate of drug-likeness (QED) is 0.0744. The van der Waals surface area contributed by atoms with Crippen molar-refractivity contribution >= 4 is 24.0 Å². The second-order valence-corrected chi connectivity index (χ2v) is 13.0. The first-order chi connectivity index (χ1) is 28.8. The van der Waals surface area contributed by atoms with E-state index >= 15 is 0 Å². The number of halogens is 2. The van der Waals surface area contributed by atoms with Gasteiger partial charge in [-0.3, -0.25) is 0 Å². The Labute approximate surface area is 366 Å². The molecule has 0 atom stereocenters. The van der Waals surface area contributed by atoms with E-state index in [2.05, 4.69) is 26.9 Å². The molecule has 0 saturated heterocycles. The van der Waals surface area contributed by atoms with Gasteiger partial charge in [-0.15, -0.1) is 0 Å². The van der Waals surface area contributed by atoms with Crippen LogP contribution in [0.15, 0.2) is 95.3 Å². The Hall–Kier alpha value is -5.28. The largest absolute Gasteiger partial charge is 0.507 e. The Kier molecular flexibility index (Phi) is 33.8. The summed E-state index contributed by atoms with van der Waals surface area (Å²) < 4.78 is 24.3. The Balaban J connectivity index is 0. The second-order valence-electron chi connectivity index (χ2n) is 12.6. The Morgan fingerprint density at radius 3 is 1.30 bits per heavy atom. The van der Waals surface area contributed by atoms with E-state index in [9.17, 15) is 14.6 Å². The standard InChI is InChI=1S/2C12H16O2.C11H14ClNO.C11H14FNO.2C2H6/c2*1-4-5-6-14-11-7-9(2)12(13)10(3)8-11;2*1-3-4-10-6-5-9(7-11(10)12)8-13-14-2;2*1-2/h2*4-5,7-8,13H,6H2,1-3H3;2*5-8H,3-4H2,1-2H3;2*1-2H3/b2*5-4+;2*13-8-;;. The van der Waals surface area contributed by atoms with E-state index in [0.717, 1.165) is 75.6 Å². The van der Waals surface area contributed by atoms with E-state index in [1.54, 1.807) is 12.3 Å². The Bertz CT molecular complexity index is 1690. The van der Waals surface area contributed by atoms with Crippen molar-refractivity contribution in [3.05, 3.63) is 140 Å². The summed E-state index contributed by atoms with van der Waals surface area (Å²) in [5.74, 6) is 2.13. The summed E-state index contributed by atoms with van der Waals surface area (Å²) in [5.41, 5.74) is 6.99. The molecular formula is C50H72ClFN2O6. The zero-order chi connectivity index (χ0) is 45.9. The maximum Gasteiger partial charge on any atom is 0.127 e. The summed E-state index contributed by atoms with van der Waals surface area (Å²) in [4.78, 5) is 9.10. The van der Waals surface area contributed by atoms with E-state index in [4.69, 9.17) is 21.1 Å². The zero-order valence-corrected chi connectivity index (χ0v) is 39.4. The van der Waals surface area contributed by atoms with Crippen molar-refractivity contribution in [2.24, 2.45) is 10.3 Å². The number of hydrogen-bond acceptors (Lipinski definition) is 8. The fraction of sp³-hybridized carbons (Fsp3) is 0.400. The first-order valence-electron chi connectivity index (χ1n) is 20.6. The average Bonchev–Trinajstić information content (AvgIpc) is 3.24. The van der Waals surface area contributed by atoms with E-state index in [1.807, 2.05) is 149 Å². The minimum atomic E-state index is -0.174. The van der Waals surface area contributed by atoms with Crippen molar-refractivity contribution in [3.8, 4) is 23.0 Å². The lowest BCUT2D eigenvalue weighted by atomic mass is 10.1. The van der Waals surface area contributed by atoms with Crippen molar-refractivity contribution in [2.75, 3.05) is 27.4 Å². The molecule has 0 amide bonds. The normalized spacial score (nSPS) is 10.3. The minimum absolute atomic E-state index is 0.174. The summed E-state index contributed by atoms with van der Waals surface area (Å²) in [7, 11) is 2.97. The Morgan fingerprint density at radius 1 is 0.600 bits per heavy atom. The number of ether oxygens (including phenoxy) is 2. The van der Waals surface area contributed by atoms with E-state index in [1.165, 1.54) is 32.1 Å². The molecule has 0 radical (unpaired) electrons. The van der Waals surface area contributed by atoms with Gasteiger partial charge in [-0.2, -0.15) is 0 Å². The van der Waals surface area contributed by atoms with E-state index in [0.29, 0.717) is 30.3 Å². The van der Waals surface area contributed by atoms with Gasteiger partial charge in [0.25, 0.3) is 0 Å². The molecule has 4 rings (SSSR count). The molecule has 2 N–H and O–H groups in total. The van der Waals surface area contributed by atoms with Crippen LogP contribution in [-0.2, 0) is 22.5 Å². The number of benzene rings is 4. The maximum atomic E-state index is 13.4. The van der Waals surface area contributed by atoms with Crippen LogP contribution in [0, 0.1) is 33.5 Å². The van der Waals surface area contributed by atoms with Crippen LogP contribution in [0.4, 0.5) is 4.39 Å². The van der Waals surface area contributed by atoms with Crippen LogP contribution in [0.1, 0.15) is 113 Å². The highest BCUT2D eigenvalue weighted by Gasteiger charge is 2.05. The van der Waals surface area contributed by atoms with Gasteiger partial charge in [0.2, 0.25) is 0 Å². The number of nitrogens with zero attached hydrogens (tertiary/aromatic N) is 2. The first kappa shape index (κ1) is 56.8. The summed E-state index contributed by atoms with van der Waals surface area (Å²) in [6, 6.07) is 18.4. The smallest absolute Gasteiger partial charge is 0.127 e. The minimum Gasteiger partial charge on any atom is -0.507 e. The SMILES string of the molecule is C/C=C/COc1cc(C)c(O)c(C)c1.C/C=C/COc1cc(C)c(O)c(C)c1.CC.CC.CCCc1ccc(/C=N\OC)cc1Cl.CCCc1ccc(/C=N\OC)cc1F. The molecule has 4 aromatic carbocycles. The van der Waals surface area contributed by atoms with Crippen LogP contribution in [0.5, 0.6) is 23.0 Å². The lowest BCUT2D eigenvalue weighted by Gasteiger charge is -2.08. The number of phenolic OH excluding ortho intramolecular Hbond substituents is 2. The highest BCUT2D eigenvalue weighted by atomic mass is 35.5. The van der Waals surface area contributed by atoms with Crippen LogP contribution in [0.3, 0.4) is 0 Å². The van der Waals surface area contributed by atoms with Gasteiger partial charge in [-0.25, -0.2) is 4.39 Å². The zero-order valence-electron chi connectivity index (χ0n) is 38.7.